The first-order chi connectivity index (χ1) is 45.2. The Bertz CT molecular complexity index is 3290. The van der Waals surface area contributed by atoms with Crippen LogP contribution in [0.15, 0.2) is 49.1 Å². The molecule has 93 heavy (non-hydrogen) atoms. The smallest absolute Gasteiger partial charge is 0.302 e. The van der Waals surface area contributed by atoms with Gasteiger partial charge in [0.1, 0.15) is 18.2 Å². The first kappa shape index (κ1) is 72.7. The number of hydrogen-bond donors (Lipinski definition) is 7. The molecule has 0 aromatic carbocycles. The second-order valence-electron chi connectivity index (χ2n) is 24.0. The van der Waals surface area contributed by atoms with Crippen molar-refractivity contribution in [3.8, 4) is 0 Å². The standard InChI is InChI=1S/C35H52N8O5.C33H50N8O4/c1-5-30-28(33(39-27-15-19-47-20-16-27)29-24-38-43(6-2)34(29)40-30)23-37-35(46)26-13-14-31(36-22-26)41-32(45)12-10-8-7-9-11-17-42(4)18-21-48-25(3)44;1-4-28-26(31(37-25-14-19-45-20-15-25)27-23-36-41(5-2)32(27)38-28)22-35-33(44)24-12-13-29(34-21-24)39-30(43)11-9-7-6-8-10-16-40(3)17-18-42/h13-14,22,24,27H,5-12,15-21,23H2,1-4H3,(H,37,46)(H,39,40)(H,36,41,45);12-13,21,23,25,42H,4-11,14-20,22H2,1-3H3,(H,35,44)(H,37,38)(H,34,39,43). The second kappa shape index (κ2) is 39.1. The van der Waals surface area contributed by atoms with Gasteiger partial charge < -0.3 is 61.0 Å². The van der Waals surface area contributed by atoms with Crippen LogP contribution in [0, 0.1) is 0 Å². The molecule has 7 N–H and O–H groups in total. The van der Waals surface area contributed by atoms with Crippen LogP contribution < -0.4 is 31.9 Å². The number of unbranched alkanes of at least 4 members (excludes halogenated alkanes) is 8. The van der Waals surface area contributed by atoms with E-state index in [2.05, 4.69) is 82.6 Å². The van der Waals surface area contributed by atoms with Crippen molar-refractivity contribution in [3.05, 3.63) is 82.7 Å². The fraction of sp³-hybridized carbons (Fsp3) is 0.603. The predicted octanol–water partition coefficient (Wildman–Crippen LogP) is 8.84. The average molecular weight is 1290 g/mol. The number of amides is 4. The summed E-state index contributed by atoms with van der Waals surface area (Å²) >= 11 is 0. The lowest BCUT2D eigenvalue weighted by Crippen LogP contribution is -2.30. The topological polar surface area (TPSA) is 299 Å². The number of aromatic nitrogens is 8. The van der Waals surface area contributed by atoms with Gasteiger partial charge in [-0.2, -0.15) is 10.2 Å². The van der Waals surface area contributed by atoms with Gasteiger partial charge in [-0.25, -0.2) is 29.3 Å². The minimum atomic E-state index is -0.251. The molecule has 6 aromatic heterocycles. The molecule has 2 saturated heterocycles. The normalized spacial score (nSPS) is 13.7. The molecule has 0 radical (unpaired) electrons. The summed E-state index contributed by atoms with van der Waals surface area (Å²) in [5.41, 5.74) is 8.24. The number of aliphatic hydroxyl groups is 1. The summed E-state index contributed by atoms with van der Waals surface area (Å²) in [6, 6.07) is 7.22. The van der Waals surface area contributed by atoms with Crippen molar-refractivity contribution in [1.29, 1.82) is 0 Å². The van der Waals surface area contributed by atoms with Gasteiger partial charge in [-0.15, -0.1) is 0 Å². The fourth-order valence-electron chi connectivity index (χ4n) is 11.5. The van der Waals surface area contributed by atoms with E-state index in [-0.39, 0.29) is 48.3 Å². The van der Waals surface area contributed by atoms with Crippen LogP contribution >= 0.6 is 0 Å². The van der Waals surface area contributed by atoms with Gasteiger partial charge >= 0.3 is 5.97 Å². The molecule has 0 bridgehead atoms. The van der Waals surface area contributed by atoms with Crippen LogP contribution in [-0.2, 0) is 67.6 Å². The third-order valence-electron chi connectivity index (χ3n) is 16.9. The van der Waals surface area contributed by atoms with Gasteiger partial charge in [-0.1, -0.05) is 52.4 Å². The maximum atomic E-state index is 13.2. The Balaban J connectivity index is 0.000000264. The Labute approximate surface area is 548 Å². The number of ether oxygens (including phenoxy) is 3. The SMILES string of the molecule is CCc1nc2c(cnn2CC)c(NC2CCOCC2)c1CNC(=O)c1ccc(NC(=O)CCCCCCCN(C)CCO)nc1.CCc1nc2c(cnn2CC)c(NC2CCOCC2)c1CNC(=O)c1ccc(NC(=O)CCCCCCCN(C)CCOC(C)=O)nc1. The number of aryl methyl sites for hydroxylation is 4. The fourth-order valence-corrected chi connectivity index (χ4v) is 11.5. The van der Waals surface area contributed by atoms with Crippen molar-refractivity contribution in [2.75, 3.05) is 101 Å². The summed E-state index contributed by atoms with van der Waals surface area (Å²) < 4.78 is 19.9. The maximum absolute atomic E-state index is 13.2. The monoisotopic (exact) mass is 1290 g/mol. The van der Waals surface area contributed by atoms with E-state index in [4.69, 9.17) is 29.3 Å². The van der Waals surface area contributed by atoms with E-state index in [0.29, 0.717) is 68.3 Å². The van der Waals surface area contributed by atoms with Gasteiger partial charge in [0.25, 0.3) is 11.8 Å². The molecule has 8 heterocycles. The van der Waals surface area contributed by atoms with Crippen LogP contribution in [0.5, 0.6) is 0 Å². The summed E-state index contributed by atoms with van der Waals surface area (Å²) in [7, 11) is 4.04. The molecular formula is C68H102N16O9. The van der Waals surface area contributed by atoms with Crippen molar-refractivity contribution in [2.45, 2.75) is 188 Å². The molecule has 4 amide bonds. The minimum Gasteiger partial charge on any atom is -0.465 e. The van der Waals surface area contributed by atoms with E-state index in [1.807, 2.05) is 42.8 Å². The van der Waals surface area contributed by atoms with E-state index in [1.54, 1.807) is 24.3 Å². The number of esters is 1. The summed E-state index contributed by atoms with van der Waals surface area (Å²) in [6.07, 6.45) is 22.8. The van der Waals surface area contributed by atoms with Crippen molar-refractivity contribution in [1.82, 2.24) is 59.9 Å². The maximum Gasteiger partial charge on any atom is 0.302 e. The molecule has 25 heteroatoms. The Morgan fingerprint density at radius 2 is 0.989 bits per heavy atom. The van der Waals surface area contributed by atoms with Crippen LogP contribution in [-0.4, -0.2) is 176 Å². The lowest BCUT2D eigenvalue weighted by atomic mass is 10.0. The van der Waals surface area contributed by atoms with E-state index in [9.17, 15) is 24.0 Å². The van der Waals surface area contributed by atoms with Crippen LogP contribution in [0.25, 0.3) is 22.1 Å². The van der Waals surface area contributed by atoms with Crippen LogP contribution in [0.2, 0.25) is 0 Å². The molecule has 6 aromatic rings. The number of rotatable bonds is 37. The summed E-state index contributed by atoms with van der Waals surface area (Å²) in [5, 5.41) is 39.2. The molecule has 2 aliphatic rings. The number of likely N-dealkylation sites (N-methyl/N-ethyl adjacent to an activating group) is 2. The number of fused-ring (bicyclic) bond motifs is 2. The number of pyridine rings is 4. The van der Waals surface area contributed by atoms with Crippen molar-refractivity contribution in [3.63, 3.8) is 0 Å². The molecule has 2 aliphatic heterocycles. The summed E-state index contributed by atoms with van der Waals surface area (Å²) in [6.45, 7) is 18.6. The van der Waals surface area contributed by atoms with E-state index in [1.165, 1.54) is 19.3 Å². The zero-order valence-corrected chi connectivity index (χ0v) is 56.1. The predicted molar refractivity (Wildman–Crippen MR) is 362 cm³/mol. The molecule has 8 rings (SSSR count). The highest BCUT2D eigenvalue weighted by Gasteiger charge is 2.25. The number of anilines is 4. The molecule has 0 saturated carbocycles. The van der Waals surface area contributed by atoms with E-state index < -0.39 is 0 Å². The van der Waals surface area contributed by atoms with Crippen molar-refractivity contribution < 1.29 is 43.3 Å². The molecule has 0 unspecified atom stereocenters. The molecular weight excluding hydrogens is 1180 g/mol. The Morgan fingerprint density at radius 1 is 0.570 bits per heavy atom. The van der Waals surface area contributed by atoms with Gasteiger partial charge in [-0.3, -0.25) is 24.0 Å². The third-order valence-corrected chi connectivity index (χ3v) is 16.9. The Kier molecular flexibility index (Phi) is 30.6. The molecule has 0 spiro atoms. The van der Waals surface area contributed by atoms with E-state index in [0.717, 1.165) is 211 Å². The lowest BCUT2D eigenvalue weighted by Gasteiger charge is -2.26. The van der Waals surface area contributed by atoms with E-state index >= 15 is 0 Å². The number of hydrogen-bond acceptors (Lipinski definition) is 19. The largest absolute Gasteiger partial charge is 0.465 e. The number of nitrogens with one attached hydrogen (secondary N) is 6. The highest BCUT2D eigenvalue weighted by atomic mass is 16.5. The van der Waals surface area contributed by atoms with Crippen LogP contribution in [0.3, 0.4) is 0 Å². The zero-order valence-electron chi connectivity index (χ0n) is 56.1. The zero-order chi connectivity index (χ0) is 66.3. The first-order valence-corrected chi connectivity index (χ1v) is 33.8. The van der Waals surface area contributed by atoms with Crippen LogP contribution in [0.4, 0.5) is 23.0 Å². The van der Waals surface area contributed by atoms with Crippen molar-refractivity contribution in [2.24, 2.45) is 0 Å². The molecule has 508 valence electrons. The first-order valence-electron chi connectivity index (χ1n) is 33.8. The highest BCUT2D eigenvalue weighted by Crippen LogP contribution is 2.33. The number of nitrogens with zero attached hydrogens (tertiary/aromatic N) is 10. The minimum absolute atomic E-state index is 0.0756. The van der Waals surface area contributed by atoms with Gasteiger partial charge in [0.05, 0.1) is 52.3 Å². The van der Waals surface area contributed by atoms with Crippen molar-refractivity contribution >= 4 is 74.7 Å². The quantitative estimate of drug-likeness (QED) is 0.0141. The molecule has 0 aliphatic carbocycles. The average Bonchev–Trinajstić information content (AvgIpc) is 1.81. The Hall–Kier alpha value is -7.71. The van der Waals surface area contributed by atoms with Gasteiger partial charge in [0.15, 0.2) is 11.3 Å². The number of carbonyl (C=O) groups excluding carboxylic acids is 5. The van der Waals surface area contributed by atoms with Gasteiger partial charge in [0, 0.05) is 132 Å². The third kappa shape index (κ3) is 23.1. The Morgan fingerprint density at radius 3 is 1.38 bits per heavy atom. The highest BCUT2D eigenvalue weighted by molar-refractivity contribution is 5.97. The molecule has 2 fully saturated rings. The number of carbonyl (C=O) groups is 5. The number of aliphatic hydroxyl groups excluding tert-OH is 1. The molecule has 25 nitrogen and oxygen atoms in total. The van der Waals surface area contributed by atoms with Crippen LogP contribution in [0.1, 0.15) is 181 Å². The summed E-state index contributed by atoms with van der Waals surface area (Å²) in [4.78, 5) is 84.9. The van der Waals surface area contributed by atoms with Gasteiger partial charge in [0.2, 0.25) is 11.8 Å². The van der Waals surface area contributed by atoms with Gasteiger partial charge in [-0.05, 0) is 130 Å². The molecule has 0 atom stereocenters. The second-order valence-corrected chi connectivity index (χ2v) is 24.0. The summed E-state index contributed by atoms with van der Waals surface area (Å²) in [5.74, 6) is -0.0500. The lowest BCUT2D eigenvalue weighted by molar-refractivity contribution is -0.141.